The van der Waals surface area contributed by atoms with E-state index in [1.165, 1.54) is 12.8 Å². The lowest BCUT2D eigenvalue weighted by Crippen LogP contribution is -2.32. The number of piperidine rings is 1. The van der Waals surface area contributed by atoms with Gasteiger partial charge in [-0.2, -0.15) is 4.98 Å². The smallest absolute Gasteiger partial charge is 0.243 e. The Morgan fingerprint density at radius 1 is 1.35 bits per heavy atom. The van der Waals surface area contributed by atoms with E-state index in [1.807, 2.05) is 0 Å². The van der Waals surface area contributed by atoms with E-state index in [1.54, 1.807) is 7.11 Å². The van der Waals surface area contributed by atoms with E-state index in [-0.39, 0.29) is 6.04 Å². The molecule has 2 unspecified atom stereocenters. The summed E-state index contributed by atoms with van der Waals surface area (Å²) in [5.74, 6) is 2.14. The number of aromatic nitrogens is 2. The fourth-order valence-electron chi connectivity index (χ4n) is 3.06. The Morgan fingerprint density at radius 3 is 2.70 bits per heavy atom. The Hall–Kier alpha value is -0.940. The van der Waals surface area contributed by atoms with E-state index in [2.05, 4.69) is 36.2 Å². The molecule has 0 aromatic carbocycles. The lowest BCUT2D eigenvalue weighted by molar-refractivity contribution is -0.0306. The molecule has 1 aliphatic rings. The molecule has 1 aromatic heterocycles. The van der Waals surface area contributed by atoms with E-state index in [9.17, 15) is 0 Å². The first kappa shape index (κ1) is 15.4. The van der Waals surface area contributed by atoms with Gasteiger partial charge >= 0.3 is 0 Å². The molecule has 0 spiro atoms. The SMILES string of the molecule is CCC1CCNC(c2nc(C(CC)(CC)OC)no2)C1. The second-order valence-corrected chi connectivity index (χ2v) is 5.67. The highest BCUT2D eigenvalue weighted by atomic mass is 16.5. The van der Waals surface area contributed by atoms with Gasteiger partial charge in [0.15, 0.2) is 0 Å². The molecule has 114 valence electrons. The number of ether oxygens (including phenoxy) is 1. The summed E-state index contributed by atoms with van der Waals surface area (Å²) in [7, 11) is 1.72. The number of methoxy groups -OCH3 is 1. The molecular weight excluding hydrogens is 254 g/mol. The Kier molecular flexibility index (Phi) is 5.16. The van der Waals surface area contributed by atoms with Crippen molar-refractivity contribution in [1.82, 2.24) is 15.5 Å². The third kappa shape index (κ3) is 2.88. The normalized spacial score (nSPS) is 24.0. The molecule has 0 radical (unpaired) electrons. The van der Waals surface area contributed by atoms with Crippen LogP contribution in [0.25, 0.3) is 0 Å². The van der Waals surface area contributed by atoms with Crippen LogP contribution in [0.5, 0.6) is 0 Å². The van der Waals surface area contributed by atoms with Gasteiger partial charge in [-0.3, -0.25) is 0 Å². The summed E-state index contributed by atoms with van der Waals surface area (Å²) in [5.41, 5.74) is -0.416. The summed E-state index contributed by atoms with van der Waals surface area (Å²) >= 11 is 0. The maximum atomic E-state index is 5.66. The van der Waals surface area contributed by atoms with Crippen molar-refractivity contribution in [2.75, 3.05) is 13.7 Å². The van der Waals surface area contributed by atoms with Crippen LogP contribution >= 0.6 is 0 Å². The van der Waals surface area contributed by atoms with Crippen molar-refractivity contribution < 1.29 is 9.26 Å². The second-order valence-electron chi connectivity index (χ2n) is 5.67. The molecule has 5 heteroatoms. The summed E-state index contributed by atoms with van der Waals surface area (Å²) in [5, 5.41) is 7.66. The van der Waals surface area contributed by atoms with Crippen LogP contribution in [-0.4, -0.2) is 23.8 Å². The average molecular weight is 281 g/mol. The molecule has 2 rings (SSSR count). The minimum Gasteiger partial charge on any atom is -0.370 e. The highest BCUT2D eigenvalue weighted by Crippen LogP contribution is 2.33. The maximum absolute atomic E-state index is 5.66. The van der Waals surface area contributed by atoms with Gasteiger partial charge < -0.3 is 14.6 Å². The van der Waals surface area contributed by atoms with Gasteiger partial charge in [-0.05, 0) is 38.1 Å². The van der Waals surface area contributed by atoms with Crippen LogP contribution in [0.15, 0.2) is 4.52 Å². The van der Waals surface area contributed by atoms with Gasteiger partial charge in [-0.15, -0.1) is 0 Å². The molecule has 5 nitrogen and oxygen atoms in total. The summed E-state index contributed by atoms with van der Waals surface area (Å²) in [4.78, 5) is 4.62. The quantitative estimate of drug-likeness (QED) is 0.867. The predicted molar refractivity (Wildman–Crippen MR) is 77.3 cm³/mol. The first-order valence-electron chi connectivity index (χ1n) is 7.81. The molecule has 0 amide bonds. The zero-order valence-electron chi connectivity index (χ0n) is 13.1. The zero-order valence-corrected chi connectivity index (χ0v) is 13.1. The largest absolute Gasteiger partial charge is 0.370 e. The van der Waals surface area contributed by atoms with Crippen LogP contribution in [0.1, 0.15) is 70.6 Å². The average Bonchev–Trinajstić information content (AvgIpc) is 3.00. The predicted octanol–water partition coefficient (Wildman–Crippen LogP) is 3.18. The molecule has 0 bridgehead atoms. The lowest BCUT2D eigenvalue weighted by Gasteiger charge is -2.27. The zero-order chi connectivity index (χ0) is 14.6. The van der Waals surface area contributed by atoms with Crippen LogP contribution in [0, 0.1) is 5.92 Å². The van der Waals surface area contributed by atoms with Crippen molar-refractivity contribution in [2.45, 2.75) is 64.5 Å². The molecule has 0 saturated carbocycles. The van der Waals surface area contributed by atoms with Gasteiger partial charge in [0.2, 0.25) is 11.7 Å². The van der Waals surface area contributed by atoms with Crippen LogP contribution in [0.4, 0.5) is 0 Å². The maximum Gasteiger partial charge on any atom is 0.243 e. The number of rotatable bonds is 6. The molecule has 1 fully saturated rings. The minimum absolute atomic E-state index is 0.193. The van der Waals surface area contributed by atoms with Gasteiger partial charge in [-0.25, -0.2) is 0 Å². The molecular formula is C15H27N3O2. The number of hydrogen-bond donors (Lipinski definition) is 1. The van der Waals surface area contributed by atoms with Crippen LogP contribution < -0.4 is 5.32 Å². The highest BCUT2D eigenvalue weighted by molar-refractivity contribution is 5.03. The van der Waals surface area contributed by atoms with E-state index in [0.717, 1.165) is 31.7 Å². The first-order valence-corrected chi connectivity index (χ1v) is 7.81. The van der Waals surface area contributed by atoms with Crippen LogP contribution in [-0.2, 0) is 10.3 Å². The Balaban J connectivity index is 2.16. The van der Waals surface area contributed by atoms with Crippen molar-refractivity contribution in [2.24, 2.45) is 5.92 Å². The summed E-state index contributed by atoms with van der Waals surface area (Å²) < 4.78 is 11.2. The van der Waals surface area contributed by atoms with E-state index >= 15 is 0 Å². The molecule has 20 heavy (non-hydrogen) atoms. The van der Waals surface area contributed by atoms with E-state index < -0.39 is 5.60 Å². The van der Waals surface area contributed by atoms with Crippen molar-refractivity contribution in [1.29, 1.82) is 0 Å². The van der Waals surface area contributed by atoms with Crippen LogP contribution in [0.2, 0.25) is 0 Å². The molecule has 1 N–H and O–H groups in total. The van der Waals surface area contributed by atoms with E-state index in [0.29, 0.717) is 11.7 Å². The van der Waals surface area contributed by atoms with Gasteiger partial charge in [0, 0.05) is 7.11 Å². The van der Waals surface area contributed by atoms with Gasteiger partial charge in [0.25, 0.3) is 0 Å². The molecule has 2 atom stereocenters. The number of nitrogens with zero attached hydrogens (tertiary/aromatic N) is 2. The summed E-state index contributed by atoms with van der Waals surface area (Å²) in [6.07, 6.45) is 5.21. The Labute approximate surface area is 121 Å². The number of nitrogens with one attached hydrogen (secondary N) is 1. The topological polar surface area (TPSA) is 60.2 Å². The third-order valence-corrected chi connectivity index (χ3v) is 4.77. The number of hydrogen-bond acceptors (Lipinski definition) is 5. The Bertz CT molecular complexity index is 407. The highest BCUT2D eigenvalue weighted by Gasteiger charge is 2.35. The fraction of sp³-hybridized carbons (Fsp3) is 0.867. The summed E-state index contributed by atoms with van der Waals surface area (Å²) in [6, 6.07) is 0.193. The monoisotopic (exact) mass is 281 g/mol. The third-order valence-electron chi connectivity index (χ3n) is 4.77. The molecule has 1 saturated heterocycles. The standard InChI is InChI=1S/C15H27N3O2/c1-5-11-8-9-16-12(10-11)13-17-14(18-20-13)15(6-2,7-3)19-4/h11-12,16H,5-10H2,1-4H3. The lowest BCUT2D eigenvalue weighted by atomic mass is 9.90. The Morgan fingerprint density at radius 2 is 2.10 bits per heavy atom. The van der Waals surface area contributed by atoms with Crippen molar-refractivity contribution in [3.63, 3.8) is 0 Å². The molecule has 2 heterocycles. The van der Waals surface area contributed by atoms with Crippen molar-refractivity contribution >= 4 is 0 Å². The van der Waals surface area contributed by atoms with E-state index in [4.69, 9.17) is 9.26 Å². The summed E-state index contributed by atoms with van der Waals surface area (Å²) in [6.45, 7) is 7.46. The van der Waals surface area contributed by atoms with Gasteiger partial charge in [0.05, 0.1) is 6.04 Å². The van der Waals surface area contributed by atoms with Gasteiger partial charge in [-0.1, -0.05) is 32.3 Å². The fourth-order valence-corrected chi connectivity index (χ4v) is 3.06. The molecule has 1 aromatic rings. The molecule has 0 aliphatic carbocycles. The van der Waals surface area contributed by atoms with Crippen molar-refractivity contribution in [3.05, 3.63) is 11.7 Å². The van der Waals surface area contributed by atoms with Gasteiger partial charge in [0.1, 0.15) is 5.60 Å². The second kappa shape index (κ2) is 6.68. The minimum atomic E-state index is -0.416. The first-order chi connectivity index (χ1) is 9.69. The van der Waals surface area contributed by atoms with Crippen molar-refractivity contribution in [3.8, 4) is 0 Å². The van der Waals surface area contributed by atoms with Crippen LogP contribution in [0.3, 0.4) is 0 Å². The molecule has 1 aliphatic heterocycles.